The van der Waals surface area contributed by atoms with E-state index < -0.39 is 4.92 Å². The lowest BCUT2D eigenvalue weighted by Gasteiger charge is -2.34. The minimum Gasteiger partial charge on any atom is -0.454 e. The van der Waals surface area contributed by atoms with Crippen molar-refractivity contribution in [2.45, 2.75) is 44.7 Å². The molecular weight excluding hydrogens is 396 g/mol. The maximum absolute atomic E-state index is 13.4. The third-order valence-corrected chi connectivity index (χ3v) is 5.78. The number of benzene rings is 2. The molecule has 2 aromatic carbocycles. The fourth-order valence-corrected chi connectivity index (χ4v) is 4.13. The van der Waals surface area contributed by atoms with E-state index in [4.69, 9.17) is 21.1 Å². The first kappa shape index (κ1) is 19.5. The second kappa shape index (κ2) is 8.29. The number of carbonyl (C=O) groups is 1. The van der Waals surface area contributed by atoms with E-state index in [1.807, 2.05) is 23.1 Å². The van der Waals surface area contributed by atoms with E-state index in [2.05, 4.69) is 0 Å². The van der Waals surface area contributed by atoms with Gasteiger partial charge >= 0.3 is 0 Å². The van der Waals surface area contributed by atoms with Gasteiger partial charge < -0.3 is 14.4 Å². The topological polar surface area (TPSA) is 81.9 Å². The molecule has 2 aliphatic rings. The van der Waals surface area contributed by atoms with Crippen LogP contribution in [0.1, 0.15) is 48.0 Å². The minimum atomic E-state index is -0.568. The molecule has 2 aromatic rings. The molecule has 1 aliphatic carbocycles. The Morgan fingerprint density at radius 1 is 1.10 bits per heavy atom. The van der Waals surface area contributed by atoms with Crippen LogP contribution in [0.5, 0.6) is 11.5 Å². The van der Waals surface area contributed by atoms with Crippen LogP contribution in [0.2, 0.25) is 5.02 Å². The lowest BCUT2D eigenvalue weighted by Crippen LogP contribution is -2.41. The molecule has 1 heterocycles. The molecule has 1 aliphatic heterocycles. The van der Waals surface area contributed by atoms with E-state index in [0.717, 1.165) is 37.7 Å². The number of ether oxygens (including phenoxy) is 2. The SMILES string of the molecule is O=C(c1ccc(Cl)c([N+](=O)[O-])c1)N(Cc1ccc2c(c1)OCO2)C1CCCCC1. The third kappa shape index (κ3) is 4.15. The van der Waals surface area contributed by atoms with Gasteiger partial charge in [0.15, 0.2) is 11.5 Å². The molecule has 1 fully saturated rings. The van der Waals surface area contributed by atoms with E-state index in [1.165, 1.54) is 12.1 Å². The number of rotatable bonds is 5. The molecule has 8 heteroatoms. The number of fused-ring (bicyclic) bond motifs is 1. The summed E-state index contributed by atoms with van der Waals surface area (Å²) in [6.07, 6.45) is 5.14. The zero-order valence-electron chi connectivity index (χ0n) is 15.8. The summed E-state index contributed by atoms with van der Waals surface area (Å²) in [5.41, 5.74) is 0.938. The van der Waals surface area contributed by atoms with Crippen LogP contribution in [0.25, 0.3) is 0 Å². The fraction of sp³-hybridized carbons (Fsp3) is 0.381. The molecule has 0 atom stereocenters. The monoisotopic (exact) mass is 416 g/mol. The van der Waals surface area contributed by atoms with E-state index in [0.29, 0.717) is 18.0 Å². The zero-order chi connectivity index (χ0) is 20.4. The Kier molecular flexibility index (Phi) is 5.58. The Bertz CT molecular complexity index is 943. The molecule has 7 nitrogen and oxygen atoms in total. The summed E-state index contributed by atoms with van der Waals surface area (Å²) < 4.78 is 10.8. The summed E-state index contributed by atoms with van der Waals surface area (Å²) >= 11 is 5.92. The molecule has 0 spiro atoms. The molecule has 0 bridgehead atoms. The average Bonchev–Trinajstić information content (AvgIpc) is 3.20. The van der Waals surface area contributed by atoms with Crippen LogP contribution < -0.4 is 9.47 Å². The van der Waals surface area contributed by atoms with Crippen LogP contribution in [-0.4, -0.2) is 28.6 Å². The van der Waals surface area contributed by atoms with Crippen LogP contribution in [-0.2, 0) is 6.54 Å². The summed E-state index contributed by atoms with van der Waals surface area (Å²) in [6.45, 7) is 0.592. The number of nitro groups is 1. The summed E-state index contributed by atoms with van der Waals surface area (Å²) in [7, 11) is 0. The van der Waals surface area contributed by atoms with E-state index >= 15 is 0 Å². The molecule has 4 rings (SSSR count). The molecular formula is C21H21ClN2O5. The molecule has 152 valence electrons. The van der Waals surface area contributed by atoms with Crippen molar-refractivity contribution in [2.24, 2.45) is 0 Å². The van der Waals surface area contributed by atoms with Crippen molar-refractivity contribution in [3.63, 3.8) is 0 Å². The van der Waals surface area contributed by atoms with Crippen LogP contribution in [0.15, 0.2) is 36.4 Å². The van der Waals surface area contributed by atoms with Gasteiger partial charge in [-0.05, 0) is 42.7 Å². The maximum Gasteiger partial charge on any atom is 0.288 e. The standard InChI is InChI=1S/C21H21ClN2O5/c22-17-8-7-15(11-18(17)24(26)27)21(25)23(16-4-2-1-3-5-16)12-14-6-9-19-20(10-14)29-13-28-19/h6-11,16H,1-5,12-13H2. The molecule has 0 unspecified atom stereocenters. The van der Waals surface area contributed by atoms with Crippen molar-refractivity contribution >= 4 is 23.2 Å². The average molecular weight is 417 g/mol. The third-order valence-electron chi connectivity index (χ3n) is 5.46. The van der Waals surface area contributed by atoms with Gasteiger partial charge in [-0.2, -0.15) is 0 Å². The second-order valence-electron chi connectivity index (χ2n) is 7.34. The number of halogens is 1. The van der Waals surface area contributed by atoms with Crippen LogP contribution >= 0.6 is 11.6 Å². The first-order chi connectivity index (χ1) is 14.0. The largest absolute Gasteiger partial charge is 0.454 e. The summed E-state index contributed by atoms with van der Waals surface area (Å²) in [4.78, 5) is 25.9. The van der Waals surface area contributed by atoms with E-state index in [-0.39, 0.29) is 35.0 Å². The Labute approximate surface area is 173 Å². The lowest BCUT2D eigenvalue weighted by molar-refractivity contribution is -0.384. The molecule has 0 saturated heterocycles. The normalized spacial score (nSPS) is 15.9. The van der Waals surface area contributed by atoms with Crippen molar-refractivity contribution in [3.05, 3.63) is 62.7 Å². The van der Waals surface area contributed by atoms with Gasteiger partial charge in [0.25, 0.3) is 11.6 Å². The Balaban J connectivity index is 1.64. The predicted molar refractivity (Wildman–Crippen MR) is 107 cm³/mol. The van der Waals surface area contributed by atoms with Crippen molar-refractivity contribution < 1.29 is 19.2 Å². The van der Waals surface area contributed by atoms with Crippen molar-refractivity contribution in [1.82, 2.24) is 4.90 Å². The van der Waals surface area contributed by atoms with Gasteiger partial charge in [0.1, 0.15) is 5.02 Å². The molecule has 1 amide bonds. The molecule has 29 heavy (non-hydrogen) atoms. The number of amides is 1. The highest BCUT2D eigenvalue weighted by molar-refractivity contribution is 6.32. The van der Waals surface area contributed by atoms with Gasteiger partial charge in [-0.1, -0.05) is 36.9 Å². The summed E-state index contributed by atoms with van der Waals surface area (Å²) in [5.74, 6) is 1.13. The Hall–Kier alpha value is -2.80. The smallest absolute Gasteiger partial charge is 0.288 e. The van der Waals surface area contributed by atoms with Crippen LogP contribution in [0.3, 0.4) is 0 Å². The van der Waals surface area contributed by atoms with Gasteiger partial charge in [0, 0.05) is 24.2 Å². The van der Waals surface area contributed by atoms with Crippen molar-refractivity contribution in [3.8, 4) is 11.5 Å². The fourth-order valence-electron chi connectivity index (χ4n) is 3.95. The quantitative estimate of drug-likeness (QED) is 0.508. The molecule has 0 aromatic heterocycles. The zero-order valence-corrected chi connectivity index (χ0v) is 16.6. The van der Waals surface area contributed by atoms with E-state index in [1.54, 1.807) is 6.07 Å². The second-order valence-corrected chi connectivity index (χ2v) is 7.74. The first-order valence-electron chi connectivity index (χ1n) is 9.66. The number of nitrogens with zero attached hydrogens (tertiary/aromatic N) is 2. The maximum atomic E-state index is 13.4. The molecule has 0 radical (unpaired) electrons. The van der Waals surface area contributed by atoms with Crippen molar-refractivity contribution in [2.75, 3.05) is 6.79 Å². The van der Waals surface area contributed by atoms with Crippen molar-refractivity contribution in [1.29, 1.82) is 0 Å². The van der Waals surface area contributed by atoms with Gasteiger partial charge in [-0.25, -0.2) is 0 Å². The number of hydrogen-bond donors (Lipinski definition) is 0. The van der Waals surface area contributed by atoms with Gasteiger partial charge in [0.2, 0.25) is 6.79 Å². The Morgan fingerprint density at radius 2 is 1.86 bits per heavy atom. The first-order valence-corrected chi connectivity index (χ1v) is 10.0. The summed E-state index contributed by atoms with van der Waals surface area (Å²) in [6, 6.07) is 9.96. The number of carbonyl (C=O) groups excluding carboxylic acids is 1. The number of nitro benzene ring substituents is 1. The lowest BCUT2D eigenvalue weighted by atomic mass is 9.93. The Morgan fingerprint density at radius 3 is 2.62 bits per heavy atom. The summed E-state index contributed by atoms with van der Waals surface area (Å²) in [5, 5.41) is 11.3. The highest BCUT2D eigenvalue weighted by atomic mass is 35.5. The number of hydrogen-bond acceptors (Lipinski definition) is 5. The van der Waals surface area contributed by atoms with Gasteiger partial charge in [-0.3, -0.25) is 14.9 Å². The van der Waals surface area contributed by atoms with Crippen LogP contribution in [0, 0.1) is 10.1 Å². The predicted octanol–water partition coefficient (Wildman–Crippen LogP) is 4.95. The molecule has 0 N–H and O–H groups in total. The van der Waals surface area contributed by atoms with Crippen LogP contribution in [0.4, 0.5) is 5.69 Å². The highest BCUT2D eigenvalue weighted by Gasteiger charge is 2.28. The van der Waals surface area contributed by atoms with E-state index in [9.17, 15) is 14.9 Å². The highest BCUT2D eigenvalue weighted by Crippen LogP contribution is 2.34. The molecule has 1 saturated carbocycles. The van der Waals surface area contributed by atoms with Gasteiger partial charge in [0.05, 0.1) is 4.92 Å². The van der Waals surface area contributed by atoms with Gasteiger partial charge in [-0.15, -0.1) is 0 Å². The minimum absolute atomic E-state index is 0.0199.